The van der Waals surface area contributed by atoms with Crippen LogP contribution in [0.1, 0.15) is 17.3 Å². The molecule has 88 valence electrons. The van der Waals surface area contributed by atoms with Crippen molar-refractivity contribution >= 4 is 17.7 Å². The number of carboxylic acid groups (broad SMARTS) is 1. The van der Waals surface area contributed by atoms with Crippen LogP contribution in [0.15, 0.2) is 24.3 Å². The minimum Gasteiger partial charge on any atom is -0.478 e. The molecule has 1 aromatic rings. The molecule has 0 saturated carbocycles. The van der Waals surface area contributed by atoms with Crippen LogP contribution < -0.4 is 10.6 Å². The van der Waals surface area contributed by atoms with E-state index in [2.05, 4.69) is 16.6 Å². The van der Waals surface area contributed by atoms with E-state index < -0.39 is 12.0 Å². The molecule has 0 aliphatic heterocycles. The van der Waals surface area contributed by atoms with E-state index in [0.29, 0.717) is 5.69 Å². The first kappa shape index (κ1) is 12.6. The van der Waals surface area contributed by atoms with Crippen LogP contribution in [0, 0.1) is 12.3 Å². The first-order valence-electron chi connectivity index (χ1n) is 4.90. The molecule has 1 aromatic carbocycles. The van der Waals surface area contributed by atoms with E-state index in [0.717, 1.165) is 0 Å². The third kappa shape index (κ3) is 3.87. The summed E-state index contributed by atoms with van der Waals surface area (Å²) in [6, 6.07) is 5.02. The number of carboxylic acids is 1. The number of hydrogen-bond donors (Lipinski definition) is 3. The molecule has 0 saturated heterocycles. The second kappa shape index (κ2) is 5.56. The van der Waals surface area contributed by atoms with Gasteiger partial charge in [-0.25, -0.2) is 9.59 Å². The van der Waals surface area contributed by atoms with E-state index in [9.17, 15) is 9.59 Å². The summed E-state index contributed by atoms with van der Waals surface area (Å²) in [5, 5.41) is 13.7. The monoisotopic (exact) mass is 232 g/mol. The van der Waals surface area contributed by atoms with E-state index in [4.69, 9.17) is 11.5 Å². The summed E-state index contributed by atoms with van der Waals surface area (Å²) in [6.07, 6.45) is 5.11. The Labute approximate surface area is 98.8 Å². The maximum Gasteiger partial charge on any atom is 0.335 e. The predicted molar refractivity (Wildman–Crippen MR) is 63.9 cm³/mol. The van der Waals surface area contributed by atoms with Gasteiger partial charge in [-0.1, -0.05) is 5.92 Å². The summed E-state index contributed by atoms with van der Waals surface area (Å²) < 4.78 is 0. The van der Waals surface area contributed by atoms with Crippen LogP contribution in [-0.2, 0) is 0 Å². The molecule has 5 nitrogen and oxygen atoms in total. The minimum absolute atomic E-state index is 0.160. The summed E-state index contributed by atoms with van der Waals surface area (Å²) in [4.78, 5) is 22.0. The molecule has 17 heavy (non-hydrogen) atoms. The number of nitrogens with one attached hydrogen (secondary N) is 2. The van der Waals surface area contributed by atoms with Crippen LogP contribution >= 0.6 is 0 Å². The quantitative estimate of drug-likeness (QED) is 0.691. The number of amides is 2. The van der Waals surface area contributed by atoms with Crippen molar-refractivity contribution in [3.8, 4) is 12.3 Å². The molecule has 0 bridgehead atoms. The highest BCUT2D eigenvalue weighted by Gasteiger charge is 2.06. The number of rotatable bonds is 3. The Hall–Kier alpha value is -2.48. The average molecular weight is 232 g/mol. The SMILES string of the molecule is C#CC(C)NC(=O)Nc1ccc(C(=O)O)cc1. The molecule has 0 fully saturated rings. The van der Waals surface area contributed by atoms with Crippen LogP contribution in [0.25, 0.3) is 0 Å². The van der Waals surface area contributed by atoms with Gasteiger partial charge in [0.15, 0.2) is 0 Å². The van der Waals surface area contributed by atoms with E-state index in [1.54, 1.807) is 6.92 Å². The van der Waals surface area contributed by atoms with Gasteiger partial charge in [0.1, 0.15) is 0 Å². The van der Waals surface area contributed by atoms with E-state index in [-0.39, 0.29) is 11.6 Å². The number of aromatic carboxylic acids is 1. The van der Waals surface area contributed by atoms with Gasteiger partial charge in [-0.15, -0.1) is 6.42 Å². The van der Waals surface area contributed by atoms with Gasteiger partial charge in [-0.2, -0.15) is 0 Å². The summed E-state index contributed by atoms with van der Waals surface area (Å²) in [6.45, 7) is 1.67. The summed E-state index contributed by atoms with van der Waals surface area (Å²) >= 11 is 0. The fourth-order valence-corrected chi connectivity index (χ4v) is 1.10. The highest BCUT2D eigenvalue weighted by molar-refractivity contribution is 5.91. The maximum absolute atomic E-state index is 11.4. The molecule has 0 heterocycles. The zero-order valence-electron chi connectivity index (χ0n) is 9.23. The van der Waals surface area contributed by atoms with Gasteiger partial charge in [0.2, 0.25) is 0 Å². The van der Waals surface area contributed by atoms with Crippen LogP contribution in [0.3, 0.4) is 0 Å². The van der Waals surface area contributed by atoms with Gasteiger partial charge in [0.05, 0.1) is 11.6 Å². The molecule has 0 aromatic heterocycles. The first-order chi connectivity index (χ1) is 8.02. The van der Waals surface area contributed by atoms with Crippen molar-refractivity contribution in [1.29, 1.82) is 0 Å². The van der Waals surface area contributed by atoms with Gasteiger partial charge in [0.25, 0.3) is 0 Å². The molecular weight excluding hydrogens is 220 g/mol. The number of carbonyl (C=O) groups excluding carboxylic acids is 1. The number of anilines is 1. The molecule has 0 spiro atoms. The van der Waals surface area contributed by atoms with Crippen LogP contribution in [0.5, 0.6) is 0 Å². The Kier molecular flexibility index (Phi) is 4.12. The topological polar surface area (TPSA) is 78.4 Å². The number of carbonyl (C=O) groups is 2. The largest absolute Gasteiger partial charge is 0.478 e. The fourth-order valence-electron chi connectivity index (χ4n) is 1.10. The molecule has 1 rings (SSSR count). The highest BCUT2D eigenvalue weighted by atomic mass is 16.4. The normalized spacial score (nSPS) is 11.1. The van der Waals surface area contributed by atoms with Crippen molar-refractivity contribution in [2.45, 2.75) is 13.0 Å². The molecular formula is C12H12N2O3. The summed E-state index contributed by atoms with van der Waals surface area (Å²) in [7, 11) is 0. The van der Waals surface area contributed by atoms with Crippen molar-refractivity contribution in [2.24, 2.45) is 0 Å². The van der Waals surface area contributed by atoms with Crippen molar-refractivity contribution in [3.05, 3.63) is 29.8 Å². The fraction of sp³-hybridized carbons (Fsp3) is 0.167. The Morgan fingerprint density at radius 2 is 1.94 bits per heavy atom. The molecule has 0 radical (unpaired) electrons. The van der Waals surface area contributed by atoms with E-state index in [1.807, 2.05) is 0 Å². The predicted octanol–water partition coefficient (Wildman–Crippen LogP) is 1.53. The standard InChI is InChI=1S/C12H12N2O3/c1-3-8(2)13-12(17)14-10-6-4-9(5-7-10)11(15)16/h1,4-8H,2H3,(H,15,16)(H2,13,14,17). The molecule has 3 N–H and O–H groups in total. The van der Waals surface area contributed by atoms with Crippen LogP contribution in [-0.4, -0.2) is 23.1 Å². The number of hydrogen-bond acceptors (Lipinski definition) is 2. The number of urea groups is 1. The van der Waals surface area contributed by atoms with Crippen LogP contribution in [0.4, 0.5) is 10.5 Å². The second-order valence-corrected chi connectivity index (χ2v) is 3.37. The van der Waals surface area contributed by atoms with Crippen molar-refractivity contribution in [2.75, 3.05) is 5.32 Å². The second-order valence-electron chi connectivity index (χ2n) is 3.37. The van der Waals surface area contributed by atoms with Gasteiger partial charge < -0.3 is 15.7 Å². The maximum atomic E-state index is 11.4. The Morgan fingerprint density at radius 3 is 2.41 bits per heavy atom. The van der Waals surface area contributed by atoms with Gasteiger partial charge in [-0.3, -0.25) is 0 Å². The Balaban J connectivity index is 2.61. The average Bonchev–Trinajstić information content (AvgIpc) is 2.29. The Bertz CT molecular complexity index is 460. The molecule has 1 atom stereocenters. The lowest BCUT2D eigenvalue weighted by Crippen LogP contribution is -2.35. The van der Waals surface area contributed by atoms with Gasteiger partial charge in [-0.05, 0) is 31.2 Å². The molecule has 0 aliphatic rings. The molecule has 1 unspecified atom stereocenters. The minimum atomic E-state index is -1.01. The highest BCUT2D eigenvalue weighted by Crippen LogP contribution is 2.09. The lowest BCUT2D eigenvalue weighted by Gasteiger charge is -2.09. The molecule has 2 amide bonds. The number of terminal acetylenes is 1. The van der Waals surface area contributed by atoms with Gasteiger partial charge >= 0.3 is 12.0 Å². The third-order valence-electron chi connectivity index (χ3n) is 1.99. The van der Waals surface area contributed by atoms with Crippen LogP contribution in [0.2, 0.25) is 0 Å². The molecule has 5 heteroatoms. The lowest BCUT2D eigenvalue weighted by atomic mass is 10.2. The summed E-state index contributed by atoms with van der Waals surface area (Å²) in [5.74, 6) is 1.34. The third-order valence-corrected chi connectivity index (χ3v) is 1.99. The van der Waals surface area contributed by atoms with Crippen molar-refractivity contribution in [3.63, 3.8) is 0 Å². The zero-order chi connectivity index (χ0) is 12.8. The lowest BCUT2D eigenvalue weighted by molar-refractivity contribution is 0.0697. The van der Waals surface area contributed by atoms with E-state index >= 15 is 0 Å². The summed E-state index contributed by atoms with van der Waals surface area (Å²) in [5.41, 5.74) is 0.657. The first-order valence-corrected chi connectivity index (χ1v) is 4.90. The molecule has 0 aliphatic carbocycles. The van der Waals surface area contributed by atoms with Crippen molar-refractivity contribution < 1.29 is 14.7 Å². The Morgan fingerprint density at radius 1 is 1.35 bits per heavy atom. The van der Waals surface area contributed by atoms with Crippen molar-refractivity contribution in [1.82, 2.24) is 5.32 Å². The zero-order valence-corrected chi connectivity index (χ0v) is 9.23. The van der Waals surface area contributed by atoms with E-state index in [1.165, 1.54) is 24.3 Å². The number of benzene rings is 1. The smallest absolute Gasteiger partial charge is 0.335 e. The van der Waals surface area contributed by atoms with Gasteiger partial charge in [0, 0.05) is 5.69 Å².